The highest BCUT2D eigenvalue weighted by atomic mass is 16.6. The number of carbonyl (C=O) groups is 1. The largest absolute Gasteiger partial charge is 0.491 e. The van der Waals surface area contributed by atoms with Gasteiger partial charge in [0.1, 0.15) is 24.1 Å². The topological polar surface area (TPSA) is 65.9 Å². The van der Waals surface area contributed by atoms with Crippen LogP contribution >= 0.6 is 0 Å². The van der Waals surface area contributed by atoms with Gasteiger partial charge in [-0.1, -0.05) is 0 Å². The Balaban J connectivity index is 1.84. The number of epoxide rings is 1. The van der Waals surface area contributed by atoms with Crippen LogP contribution in [0.15, 0.2) is 24.4 Å². The van der Waals surface area contributed by atoms with E-state index in [4.69, 9.17) is 14.2 Å². The van der Waals surface area contributed by atoms with Crippen molar-refractivity contribution < 1.29 is 19.0 Å². The van der Waals surface area contributed by atoms with E-state index in [1.807, 2.05) is 32.9 Å². The van der Waals surface area contributed by atoms with E-state index in [0.717, 1.165) is 12.0 Å². The fraction of sp³-hybridized carbons (Fsp3) is 0.467. The Bertz CT molecular complexity index is 668. The Morgan fingerprint density at radius 3 is 2.90 bits per heavy atom. The molecule has 0 bridgehead atoms. The number of aromatic nitrogens is 2. The van der Waals surface area contributed by atoms with Crippen LogP contribution in [0.1, 0.15) is 20.8 Å². The van der Waals surface area contributed by atoms with E-state index in [1.54, 1.807) is 12.3 Å². The van der Waals surface area contributed by atoms with Gasteiger partial charge in [0.25, 0.3) is 0 Å². The fourth-order valence-corrected chi connectivity index (χ4v) is 1.89. The molecule has 0 radical (unpaired) electrons. The Morgan fingerprint density at radius 1 is 1.48 bits per heavy atom. The predicted octanol–water partition coefficient (Wildman–Crippen LogP) is 2.60. The number of hydrogen-bond acceptors (Lipinski definition) is 5. The number of benzene rings is 1. The van der Waals surface area contributed by atoms with Gasteiger partial charge in [-0.3, -0.25) is 0 Å². The Labute approximate surface area is 122 Å². The van der Waals surface area contributed by atoms with Crippen molar-refractivity contribution in [2.75, 3.05) is 13.2 Å². The summed E-state index contributed by atoms with van der Waals surface area (Å²) in [7, 11) is 0. The minimum absolute atomic E-state index is 0.191. The van der Waals surface area contributed by atoms with Crippen LogP contribution in [-0.4, -0.2) is 40.8 Å². The predicted molar refractivity (Wildman–Crippen MR) is 76.6 cm³/mol. The van der Waals surface area contributed by atoms with Gasteiger partial charge in [-0.05, 0) is 32.9 Å². The second-order valence-corrected chi connectivity index (χ2v) is 6.02. The molecule has 21 heavy (non-hydrogen) atoms. The van der Waals surface area contributed by atoms with E-state index in [1.165, 1.54) is 4.68 Å². The first-order valence-corrected chi connectivity index (χ1v) is 6.88. The van der Waals surface area contributed by atoms with Crippen molar-refractivity contribution in [3.05, 3.63) is 24.4 Å². The molecule has 0 amide bonds. The highest BCUT2D eigenvalue weighted by Crippen LogP contribution is 2.23. The van der Waals surface area contributed by atoms with Gasteiger partial charge in [0.05, 0.1) is 18.3 Å². The second kappa shape index (κ2) is 5.04. The minimum Gasteiger partial charge on any atom is -0.491 e. The van der Waals surface area contributed by atoms with Crippen molar-refractivity contribution in [2.24, 2.45) is 0 Å². The molecule has 1 saturated heterocycles. The average molecular weight is 290 g/mol. The molecule has 2 aromatic rings. The molecule has 6 heteroatoms. The van der Waals surface area contributed by atoms with Crippen LogP contribution in [0.25, 0.3) is 10.9 Å². The first kappa shape index (κ1) is 13.9. The maximum Gasteiger partial charge on any atom is 0.435 e. The molecule has 1 atom stereocenters. The molecule has 0 aliphatic carbocycles. The van der Waals surface area contributed by atoms with Crippen molar-refractivity contribution in [2.45, 2.75) is 32.5 Å². The molecule has 0 N–H and O–H groups in total. The van der Waals surface area contributed by atoms with Crippen LogP contribution in [0.3, 0.4) is 0 Å². The highest BCUT2D eigenvalue weighted by molar-refractivity contribution is 5.88. The summed E-state index contributed by atoms with van der Waals surface area (Å²) in [5, 5.41) is 4.95. The van der Waals surface area contributed by atoms with Crippen LogP contribution < -0.4 is 4.74 Å². The lowest BCUT2D eigenvalue weighted by molar-refractivity contribution is 0.0522. The second-order valence-electron chi connectivity index (χ2n) is 6.02. The van der Waals surface area contributed by atoms with E-state index in [0.29, 0.717) is 17.9 Å². The summed E-state index contributed by atoms with van der Waals surface area (Å²) in [6.45, 7) is 6.73. The molecule has 1 fully saturated rings. The monoisotopic (exact) mass is 290 g/mol. The smallest absolute Gasteiger partial charge is 0.435 e. The molecular weight excluding hydrogens is 272 g/mol. The molecular formula is C15H18N2O4. The summed E-state index contributed by atoms with van der Waals surface area (Å²) < 4.78 is 17.3. The lowest BCUT2D eigenvalue weighted by Crippen LogP contribution is -2.27. The van der Waals surface area contributed by atoms with Crippen molar-refractivity contribution in [1.82, 2.24) is 9.78 Å². The third-order valence-electron chi connectivity index (χ3n) is 2.95. The molecule has 3 rings (SSSR count). The molecule has 2 heterocycles. The van der Waals surface area contributed by atoms with Gasteiger partial charge in [-0.15, -0.1) is 0 Å². The van der Waals surface area contributed by atoms with E-state index in [-0.39, 0.29) is 6.10 Å². The van der Waals surface area contributed by atoms with Gasteiger partial charge >= 0.3 is 6.09 Å². The summed E-state index contributed by atoms with van der Waals surface area (Å²) in [5.41, 5.74) is 0.103. The molecule has 1 aliphatic rings. The van der Waals surface area contributed by atoms with Crippen molar-refractivity contribution in [3.63, 3.8) is 0 Å². The Morgan fingerprint density at radius 2 is 2.24 bits per heavy atom. The average Bonchev–Trinajstić information content (AvgIpc) is 3.12. The maximum atomic E-state index is 12.1. The molecule has 0 spiro atoms. The molecule has 112 valence electrons. The van der Waals surface area contributed by atoms with Gasteiger partial charge < -0.3 is 14.2 Å². The molecule has 0 saturated carbocycles. The van der Waals surface area contributed by atoms with Crippen LogP contribution in [0, 0.1) is 0 Å². The molecule has 1 aromatic heterocycles. The number of nitrogens with zero attached hydrogens (tertiary/aromatic N) is 2. The number of ether oxygens (including phenoxy) is 3. The quantitative estimate of drug-likeness (QED) is 0.813. The van der Waals surface area contributed by atoms with Crippen LogP contribution in [0.5, 0.6) is 5.75 Å². The van der Waals surface area contributed by atoms with Gasteiger partial charge in [0.2, 0.25) is 0 Å². The van der Waals surface area contributed by atoms with Crippen molar-refractivity contribution in [3.8, 4) is 5.75 Å². The summed E-state index contributed by atoms with van der Waals surface area (Å²) >= 11 is 0. The fourth-order valence-electron chi connectivity index (χ4n) is 1.89. The normalized spacial score (nSPS) is 17.8. The van der Waals surface area contributed by atoms with Gasteiger partial charge in [-0.2, -0.15) is 9.78 Å². The zero-order valence-electron chi connectivity index (χ0n) is 12.3. The first-order valence-electron chi connectivity index (χ1n) is 6.88. The van der Waals surface area contributed by atoms with E-state index >= 15 is 0 Å². The number of rotatable bonds is 3. The minimum atomic E-state index is -0.563. The Hall–Kier alpha value is -2.08. The van der Waals surface area contributed by atoms with Gasteiger partial charge in [-0.25, -0.2) is 4.79 Å². The van der Waals surface area contributed by atoms with E-state index in [2.05, 4.69) is 5.10 Å². The lowest BCUT2D eigenvalue weighted by Gasteiger charge is -2.19. The van der Waals surface area contributed by atoms with E-state index in [9.17, 15) is 4.79 Å². The number of hydrogen-bond donors (Lipinski definition) is 0. The van der Waals surface area contributed by atoms with Gasteiger partial charge in [0, 0.05) is 11.5 Å². The lowest BCUT2D eigenvalue weighted by atomic mass is 10.2. The van der Waals surface area contributed by atoms with Crippen LogP contribution in [0.2, 0.25) is 0 Å². The molecule has 1 aliphatic heterocycles. The van der Waals surface area contributed by atoms with Crippen molar-refractivity contribution >= 4 is 17.0 Å². The molecule has 6 nitrogen and oxygen atoms in total. The summed E-state index contributed by atoms with van der Waals surface area (Å²) in [6.07, 6.45) is 1.32. The summed E-state index contributed by atoms with van der Waals surface area (Å²) in [6, 6.07) is 5.51. The number of carbonyl (C=O) groups excluding carboxylic acids is 1. The third kappa shape index (κ3) is 3.33. The summed E-state index contributed by atoms with van der Waals surface area (Å²) in [4.78, 5) is 12.1. The van der Waals surface area contributed by atoms with Crippen LogP contribution in [0.4, 0.5) is 4.79 Å². The Kier molecular flexibility index (Phi) is 3.33. The SMILES string of the molecule is CC(C)(C)OC(=O)n1ncc2ccc(OCC3CO3)cc21. The third-order valence-corrected chi connectivity index (χ3v) is 2.95. The zero-order valence-corrected chi connectivity index (χ0v) is 12.3. The summed E-state index contributed by atoms with van der Waals surface area (Å²) in [5.74, 6) is 0.684. The number of fused-ring (bicyclic) bond motifs is 1. The van der Waals surface area contributed by atoms with Gasteiger partial charge in [0.15, 0.2) is 0 Å². The standard InChI is InChI=1S/C15H18N2O4/c1-15(2,3)21-14(18)17-13-6-11(19-8-12-9-20-12)5-4-10(13)7-16-17/h4-7,12H,8-9H2,1-3H3. The first-order chi connectivity index (χ1) is 9.92. The molecule has 1 aromatic carbocycles. The zero-order chi connectivity index (χ0) is 15.0. The maximum absolute atomic E-state index is 12.1. The molecule has 1 unspecified atom stereocenters. The highest BCUT2D eigenvalue weighted by Gasteiger charge is 2.23. The van der Waals surface area contributed by atoms with E-state index < -0.39 is 11.7 Å². The van der Waals surface area contributed by atoms with Crippen molar-refractivity contribution in [1.29, 1.82) is 0 Å². The van der Waals surface area contributed by atoms with Crippen LogP contribution in [-0.2, 0) is 9.47 Å².